The average Bonchev–Trinajstić information content (AvgIpc) is 1.53. The van der Waals surface area contributed by atoms with Gasteiger partial charge < -0.3 is 19.6 Å². The van der Waals surface area contributed by atoms with E-state index in [1.807, 2.05) is 0 Å². The Bertz CT molecular complexity index is 4720. The Morgan fingerprint density at radius 1 is 0.331 bits per heavy atom. The van der Waals surface area contributed by atoms with Crippen LogP contribution >= 0.6 is 0 Å². The molecule has 4 saturated heterocycles. The smallest absolute Gasteiger partial charge is 0.337 e. The fourth-order valence-corrected chi connectivity index (χ4v) is 18.1. The molecule has 0 radical (unpaired) electrons. The minimum atomic E-state index is -4.36. The highest BCUT2D eigenvalue weighted by Crippen LogP contribution is 2.44. The summed E-state index contributed by atoms with van der Waals surface area (Å²) in [5.74, 6) is -1.25. The molecule has 0 unspecified atom stereocenters. The maximum absolute atomic E-state index is 13.4. The van der Waals surface area contributed by atoms with E-state index in [1.54, 1.807) is 68.1 Å². The molecule has 16 rings (SSSR count). The molecule has 0 saturated carbocycles. The number of aryl methyl sites for hydroxylation is 1. The topological polar surface area (TPSA) is 209 Å². The Hall–Kier alpha value is -9.40. The largest absolute Gasteiger partial charge is 0.416 e. The van der Waals surface area contributed by atoms with E-state index >= 15 is 0 Å². The molecule has 32 heteroatoms. The van der Waals surface area contributed by atoms with E-state index in [0.717, 1.165) is 167 Å². The number of likely N-dealkylation sites (tertiary alicyclic amines) is 4. The minimum absolute atomic E-state index is 0. The Morgan fingerprint density at radius 2 is 0.602 bits per heavy atom. The van der Waals surface area contributed by atoms with Gasteiger partial charge in [0.25, 0.3) is 23.6 Å². The normalized spacial score (nSPS) is 18.5. The predicted molar refractivity (Wildman–Crippen MR) is 421 cm³/mol. The van der Waals surface area contributed by atoms with Crippen LogP contribution in [0.3, 0.4) is 0 Å². The number of H-pyrrole nitrogens is 4. The molecule has 0 aliphatic carbocycles. The Balaban J connectivity index is 0.000000144. The van der Waals surface area contributed by atoms with Gasteiger partial charge in [-0.25, -0.2) is 0 Å². The van der Waals surface area contributed by atoms with E-state index in [1.165, 1.54) is 24.3 Å². The van der Waals surface area contributed by atoms with Gasteiger partial charge in [0.2, 0.25) is 0 Å². The SMILES string of the molecule is C.CCCN1CCCc2[nH]nc(C(=O)N3CCC(c4ccccc4C(F)(F)F)CC3)c2C1.CCN1CCc2[nH]nc(C(=O)N3CCC(c4ccccc4C(F)(F)F)CC3)c2C1.CCN1CCc2c(C(=O)N3CCC(c4ccccc4C(F)(F)F)CC3)n[nH]c2C1.CCN1Cc2[nH]nc(C(=O)N3CCC(c4ccccc4C(F)(F)F)CC3)c2C1. The molecule has 4 fully saturated rings. The van der Waals surface area contributed by atoms with Gasteiger partial charge >= 0.3 is 24.7 Å². The van der Waals surface area contributed by atoms with Gasteiger partial charge in [-0.2, -0.15) is 73.1 Å². The fourth-order valence-electron chi connectivity index (χ4n) is 18.1. The molecule has 8 aliphatic rings. The standard InChI is InChI=1S/C23H29F3N4O.2C21H25F3N4O.C20H23F3N4O.CH4/c1-2-11-29-12-5-8-20-18(15-29)21(28-27-20)22(31)30-13-9-16(10-14-30)17-6-3-4-7-19(17)23(24,25)26;1-2-27-10-9-18-16(13-27)19(26-25-18)20(29)28-11-7-14(8-12-28)15-5-3-4-6-17(15)21(22,23)24;1-2-27-10-9-16-18(13-27)25-26-19(16)20(29)28-11-7-14(8-12-28)15-5-3-4-6-17(15)21(22,23)24;1-2-26-11-15-17(12-26)24-25-18(15)19(28)27-9-7-13(8-10-27)14-5-3-4-6-16(14)20(21,22)23;/h3-4,6-7,16H,2,5,8-15H2,1H3,(H,27,28);2*3-6,14H,2,7-13H2,1H3,(H,25,26);3-6,13H,2,7-12H2,1H3,(H,24,25);1H4. The second-order valence-corrected chi connectivity index (χ2v) is 31.6. The first-order valence-electron chi connectivity index (χ1n) is 41.0. The molecular formula is C86H106F12N16O4. The van der Waals surface area contributed by atoms with Gasteiger partial charge in [0, 0.05) is 138 Å². The molecule has 638 valence electrons. The van der Waals surface area contributed by atoms with Crippen LogP contribution in [0.15, 0.2) is 97.1 Å². The van der Waals surface area contributed by atoms with Gasteiger partial charge in [-0.1, -0.05) is 108 Å². The number of likely N-dealkylation sites (N-methyl/N-ethyl adjacent to an activating group) is 2. The molecule has 0 atom stereocenters. The molecule has 4 amide bonds. The van der Waals surface area contributed by atoms with Crippen molar-refractivity contribution >= 4 is 23.6 Å². The van der Waals surface area contributed by atoms with Crippen molar-refractivity contribution in [1.82, 2.24) is 80.0 Å². The Labute approximate surface area is 679 Å². The third kappa shape index (κ3) is 20.0. The van der Waals surface area contributed by atoms with Gasteiger partial charge in [-0.05, 0) is 180 Å². The lowest BCUT2D eigenvalue weighted by molar-refractivity contribution is -0.139. The highest BCUT2D eigenvalue weighted by Gasteiger charge is 2.43. The first-order valence-corrected chi connectivity index (χ1v) is 41.0. The number of aromatic nitrogens is 8. The van der Waals surface area contributed by atoms with Crippen molar-refractivity contribution in [3.8, 4) is 0 Å². The number of hydrogen-bond donors (Lipinski definition) is 4. The van der Waals surface area contributed by atoms with Gasteiger partial charge in [0.15, 0.2) is 22.8 Å². The summed E-state index contributed by atoms with van der Waals surface area (Å²) < 4.78 is 160. The number of aromatic amines is 4. The van der Waals surface area contributed by atoms with Gasteiger partial charge in [-0.3, -0.25) is 59.2 Å². The number of fused-ring (bicyclic) bond motifs is 4. The van der Waals surface area contributed by atoms with Crippen LogP contribution in [-0.4, -0.2) is 202 Å². The van der Waals surface area contributed by atoms with Crippen LogP contribution in [0.2, 0.25) is 0 Å². The van der Waals surface area contributed by atoms with Crippen molar-refractivity contribution in [1.29, 1.82) is 0 Å². The number of amides is 4. The van der Waals surface area contributed by atoms with Crippen molar-refractivity contribution in [2.24, 2.45) is 0 Å². The zero-order valence-corrected chi connectivity index (χ0v) is 66.4. The highest BCUT2D eigenvalue weighted by atomic mass is 19.4. The summed E-state index contributed by atoms with van der Waals surface area (Å²) in [5, 5.41) is 29.1. The van der Waals surface area contributed by atoms with Gasteiger partial charge in [0.05, 0.1) is 33.6 Å². The second kappa shape index (κ2) is 37.9. The summed E-state index contributed by atoms with van der Waals surface area (Å²) in [7, 11) is 0. The lowest BCUT2D eigenvalue weighted by atomic mass is 9.86. The number of nitrogens with one attached hydrogen (secondary N) is 4. The molecule has 12 heterocycles. The summed E-state index contributed by atoms with van der Waals surface area (Å²) in [5.41, 5.74) is 8.91. The molecule has 8 aromatic rings. The van der Waals surface area contributed by atoms with E-state index < -0.39 is 47.0 Å². The monoisotopic (exact) mass is 1650 g/mol. The minimum Gasteiger partial charge on any atom is -0.337 e. The molecule has 0 bridgehead atoms. The zero-order valence-electron chi connectivity index (χ0n) is 66.4. The van der Waals surface area contributed by atoms with E-state index in [9.17, 15) is 71.9 Å². The second-order valence-electron chi connectivity index (χ2n) is 31.6. The average molecular weight is 1660 g/mol. The van der Waals surface area contributed by atoms with Crippen LogP contribution in [0, 0.1) is 0 Å². The number of halogens is 12. The summed E-state index contributed by atoms with van der Waals surface area (Å²) in [6.07, 6.45) is -8.65. The van der Waals surface area contributed by atoms with Gasteiger partial charge in [-0.15, -0.1) is 0 Å². The fraction of sp³-hybridized carbons (Fsp3) is 0.535. The number of piperidine rings is 4. The first kappa shape index (κ1) is 87.9. The van der Waals surface area contributed by atoms with Crippen LogP contribution in [-0.2, 0) is 76.7 Å². The van der Waals surface area contributed by atoms with Crippen molar-refractivity contribution in [3.63, 3.8) is 0 Å². The number of rotatable bonds is 13. The summed E-state index contributed by atoms with van der Waals surface area (Å²) in [6, 6.07) is 23.1. The lowest BCUT2D eigenvalue weighted by Gasteiger charge is -2.33. The van der Waals surface area contributed by atoms with Crippen molar-refractivity contribution in [3.05, 3.63) is 209 Å². The number of alkyl halides is 12. The first-order chi connectivity index (χ1) is 56.0. The quantitative estimate of drug-likeness (QED) is 0.0795. The van der Waals surface area contributed by atoms with Crippen LogP contribution in [0.1, 0.15) is 254 Å². The number of carbonyl (C=O) groups is 4. The van der Waals surface area contributed by atoms with Crippen molar-refractivity contribution < 1.29 is 71.9 Å². The number of hydrogen-bond acceptors (Lipinski definition) is 12. The maximum Gasteiger partial charge on any atom is 0.416 e. The van der Waals surface area contributed by atoms with Crippen LogP contribution in [0.5, 0.6) is 0 Å². The number of benzene rings is 4. The highest BCUT2D eigenvalue weighted by molar-refractivity contribution is 5.96. The predicted octanol–water partition coefficient (Wildman–Crippen LogP) is 16.7. The Morgan fingerprint density at radius 3 is 0.941 bits per heavy atom. The third-order valence-corrected chi connectivity index (χ3v) is 24.6. The number of nitrogens with zero attached hydrogens (tertiary/aromatic N) is 12. The van der Waals surface area contributed by atoms with Crippen molar-refractivity contribution in [2.45, 2.75) is 200 Å². The van der Waals surface area contributed by atoms with Crippen LogP contribution < -0.4 is 0 Å². The molecule has 20 nitrogen and oxygen atoms in total. The maximum atomic E-state index is 13.4. The van der Waals surface area contributed by atoms with E-state index in [4.69, 9.17) is 0 Å². The van der Waals surface area contributed by atoms with Crippen LogP contribution in [0.4, 0.5) is 52.7 Å². The third-order valence-electron chi connectivity index (χ3n) is 24.6. The molecule has 0 spiro atoms. The molecule has 4 N–H and O–H groups in total. The number of carbonyl (C=O) groups excluding carboxylic acids is 4. The summed E-state index contributed by atoms with van der Waals surface area (Å²) >= 11 is 0. The van der Waals surface area contributed by atoms with Crippen LogP contribution in [0.25, 0.3) is 0 Å². The molecule has 4 aromatic heterocycles. The van der Waals surface area contributed by atoms with E-state index in [2.05, 4.69) is 88.1 Å². The van der Waals surface area contributed by atoms with E-state index in [-0.39, 0.29) is 54.7 Å². The summed E-state index contributed by atoms with van der Waals surface area (Å²) in [6.45, 7) is 22.2. The van der Waals surface area contributed by atoms with Gasteiger partial charge in [0.1, 0.15) is 0 Å². The lowest BCUT2D eigenvalue weighted by Crippen LogP contribution is -2.39. The van der Waals surface area contributed by atoms with E-state index in [0.29, 0.717) is 162 Å². The molecule has 118 heavy (non-hydrogen) atoms. The molecule has 8 aliphatic heterocycles. The zero-order chi connectivity index (χ0) is 83.1. The molecule has 4 aromatic carbocycles. The Kier molecular flexibility index (Phi) is 28.2. The van der Waals surface area contributed by atoms with Crippen molar-refractivity contribution in [2.75, 3.05) is 98.2 Å². The summed E-state index contributed by atoms with van der Waals surface area (Å²) in [4.78, 5) is 68.3. The molecular weight excluding hydrogens is 1550 g/mol.